The minimum Gasteiger partial charge on any atom is -0.493 e. The van der Waals surface area contributed by atoms with Crippen molar-refractivity contribution in [2.75, 3.05) is 40.0 Å². The third kappa shape index (κ3) is 6.73. The number of carbonyl (C=O) groups is 2. The minimum atomic E-state index is -0.327. The molecule has 0 unspecified atom stereocenters. The number of ether oxygens (including phenoxy) is 4. The fourth-order valence-electron chi connectivity index (χ4n) is 3.57. The predicted molar refractivity (Wildman–Crippen MR) is 130 cm³/mol. The second-order valence-corrected chi connectivity index (χ2v) is 8.03. The molecule has 8 nitrogen and oxygen atoms in total. The summed E-state index contributed by atoms with van der Waals surface area (Å²) in [5, 5.41) is 2.86. The number of carbonyl (C=O) groups excluding carboxylic acids is 2. The molecule has 1 fully saturated rings. The zero-order chi connectivity index (χ0) is 25.3. The quantitative estimate of drug-likeness (QED) is 0.487. The van der Waals surface area contributed by atoms with E-state index in [-0.39, 0.29) is 24.2 Å². The largest absolute Gasteiger partial charge is 0.493 e. The van der Waals surface area contributed by atoms with Crippen molar-refractivity contribution >= 4 is 11.8 Å². The van der Waals surface area contributed by atoms with Crippen LogP contribution in [0, 0.1) is 5.82 Å². The summed E-state index contributed by atoms with van der Waals surface area (Å²) >= 11 is 0. The molecule has 0 aliphatic carbocycles. The number of methoxy groups -OCH3 is 1. The molecule has 2 amide bonds. The first kappa shape index (κ1) is 25.0. The molecule has 1 heterocycles. The first-order valence-corrected chi connectivity index (χ1v) is 11.5. The third-order valence-electron chi connectivity index (χ3n) is 5.57. The number of hydrogen-bond donors (Lipinski definition) is 1. The van der Waals surface area contributed by atoms with E-state index in [0.717, 1.165) is 5.56 Å². The Kier molecular flexibility index (Phi) is 8.36. The highest BCUT2D eigenvalue weighted by atomic mass is 19.1. The van der Waals surface area contributed by atoms with Crippen molar-refractivity contribution in [3.05, 3.63) is 83.7 Å². The molecule has 0 spiro atoms. The maximum atomic E-state index is 13.0. The van der Waals surface area contributed by atoms with E-state index < -0.39 is 0 Å². The van der Waals surface area contributed by atoms with Crippen LogP contribution in [0.25, 0.3) is 0 Å². The van der Waals surface area contributed by atoms with Crippen molar-refractivity contribution in [2.45, 2.75) is 6.54 Å². The normalized spacial score (nSPS) is 13.1. The van der Waals surface area contributed by atoms with Crippen LogP contribution in [0.1, 0.15) is 15.9 Å². The molecule has 1 saturated heterocycles. The number of nitrogens with one attached hydrogen (secondary N) is 1. The van der Waals surface area contributed by atoms with Crippen molar-refractivity contribution in [3.8, 4) is 23.0 Å². The average Bonchev–Trinajstić information content (AvgIpc) is 2.92. The predicted octanol–water partition coefficient (Wildman–Crippen LogP) is 3.79. The second kappa shape index (κ2) is 12.0. The van der Waals surface area contributed by atoms with Gasteiger partial charge in [-0.1, -0.05) is 12.1 Å². The zero-order valence-corrected chi connectivity index (χ0v) is 19.9. The summed E-state index contributed by atoms with van der Waals surface area (Å²) in [6.45, 7) is 2.32. The van der Waals surface area contributed by atoms with Crippen LogP contribution < -0.4 is 19.5 Å². The first-order chi connectivity index (χ1) is 17.5. The first-order valence-electron chi connectivity index (χ1n) is 11.5. The molecule has 1 aliphatic rings. The molecule has 188 valence electrons. The molecular weight excluding hydrogens is 467 g/mol. The molecule has 1 aliphatic heterocycles. The van der Waals surface area contributed by atoms with E-state index in [9.17, 15) is 14.0 Å². The highest BCUT2D eigenvalue weighted by Gasteiger charge is 2.18. The zero-order valence-electron chi connectivity index (χ0n) is 19.9. The number of morpholine rings is 1. The minimum absolute atomic E-state index is 0.122. The van der Waals surface area contributed by atoms with Crippen LogP contribution in [0.2, 0.25) is 0 Å². The summed E-state index contributed by atoms with van der Waals surface area (Å²) in [5.41, 5.74) is 1.28. The summed E-state index contributed by atoms with van der Waals surface area (Å²) in [4.78, 5) is 26.7. The maximum Gasteiger partial charge on any atom is 0.260 e. The lowest BCUT2D eigenvalue weighted by Gasteiger charge is -2.26. The number of hydrogen-bond acceptors (Lipinski definition) is 6. The summed E-state index contributed by atoms with van der Waals surface area (Å²) < 4.78 is 35.0. The van der Waals surface area contributed by atoms with Crippen LogP contribution in [0.4, 0.5) is 4.39 Å². The fraction of sp³-hybridized carbons (Fsp3) is 0.259. The second-order valence-electron chi connectivity index (χ2n) is 8.03. The molecule has 36 heavy (non-hydrogen) atoms. The van der Waals surface area contributed by atoms with E-state index in [2.05, 4.69) is 5.32 Å². The topological polar surface area (TPSA) is 86.3 Å². The molecule has 1 N–H and O–H groups in total. The van der Waals surface area contributed by atoms with Gasteiger partial charge in [-0.05, 0) is 60.2 Å². The van der Waals surface area contributed by atoms with Gasteiger partial charge < -0.3 is 29.2 Å². The van der Waals surface area contributed by atoms with E-state index in [0.29, 0.717) is 61.4 Å². The van der Waals surface area contributed by atoms with E-state index >= 15 is 0 Å². The lowest BCUT2D eigenvalue weighted by molar-refractivity contribution is -0.137. The lowest BCUT2D eigenvalue weighted by atomic mass is 10.1. The summed E-state index contributed by atoms with van der Waals surface area (Å²) in [5.74, 6) is 1.14. The molecule has 9 heteroatoms. The Morgan fingerprint density at radius 1 is 0.944 bits per heavy atom. The molecule has 0 radical (unpaired) electrons. The van der Waals surface area contributed by atoms with Gasteiger partial charge in [-0.15, -0.1) is 0 Å². The molecule has 4 rings (SSSR count). The number of benzene rings is 3. The van der Waals surface area contributed by atoms with Gasteiger partial charge in [-0.2, -0.15) is 0 Å². The van der Waals surface area contributed by atoms with Gasteiger partial charge in [0.25, 0.3) is 11.8 Å². The molecule has 0 atom stereocenters. The van der Waals surface area contributed by atoms with Crippen molar-refractivity contribution < 1.29 is 32.9 Å². The summed E-state index contributed by atoms with van der Waals surface area (Å²) in [6, 6.07) is 17.8. The van der Waals surface area contributed by atoms with E-state index in [1.54, 1.807) is 47.4 Å². The van der Waals surface area contributed by atoms with Crippen LogP contribution in [0.5, 0.6) is 23.0 Å². The van der Waals surface area contributed by atoms with Crippen molar-refractivity contribution in [1.82, 2.24) is 10.2 Å². The van der Waals surface area contributed by atoms with Crippen LogP contribution in [0.15, 0.2) is 66.7 Å². The van der Waals surface area contributed by atoms with Crippen LogP contribution in [0.3, 0.4) is 0 Å². The number of halogens is 1. The molecule has 0 aromatic heterocycles. The third-order valence-corrected chi connectivity index (χ3v) is 5.57. The Bertz CT molecular complexity index is 1180. The van der Waals surface area contributed by atoms with Gasteiger partial charge in [0, 0.05) is 25.2 Å². The number of rotatable bonds is 9. The van der Waals surface area contributed by atoms with Gasteiger partial charge in [-0.25, -0.2) is 4.39 Å². The van der Waals surface area contributed by atoms with Gasteiger partial charge in [0.1, 0.15) is 17.3 Å². The Morgan fingerprint density at radius 3 is 2.28 bits per heavy atom. The number of amides is 2. The Hall–Kier alpha value is -4.11. The monoisotopic (exact) mass is 494 g/mol. The van der Waals surface area contributed by atoms with Crippen molar-refractivity contribution in [3.63, 3.8) is 0 Å². The standard InChI is InChI=1S/C27H27FN2O6/c1-33-25-16-20(4-11-24(25)35-18-26(31)30-12-14-34-15-13-30)27(32)29-17-19-2-7-22(8-3-19)36-23-9-5-21(28)6-10-23/h2-11,16H,12-15,17-18H2,1H3,(H,29,32). The Labute approximate surface area is 208 Å². The van der Waals surface area contributed by atoms with Crippen LogP contribution in [-0.2, 0) is 16.1 Å². The molecule has 0 bridgehead atoms. The summed E-state index contributed by atoms with van der Waals surface area (Å²) in [6.07, 6.45) is 0. The molecular formula is C27H27FN2O6. The number of nitrogens with zero attached hydrogens (tertiary/aromatic N) is 1. The van der Waals surface area contributed by atoms with Gasteiger partial charge in [-0.3, -0.25) is 9.59 Å². The highest BCUT2D eigenvalue weighted by Crippen LogP contribution is 2.28. The molecule has 3 aromatic carbocycles. The van der Waals surface area contributed by atoms with E-state index in [1.165, 1.54) is 19.2 Å². The van der Waals surface area contributed by atoms with Gasteiger partial charge in [0.2, 0.25) is 0 Å². The fourth-order valence-corrected chi connectivity index (χ4v) is 3.57. The van der Waals surface area contributed by atoms with E-state index in [1.807, 2.05) is 12.1 Å². The van der Waals surface area contributed by atoms with Gasteiger partial charge >= 0.3 is 0 Å². The molecule has 0 saturated carbocycles. The maximum absolute atomic E-state index is 13.0. The SMILES string of the molecule is COc1cc(C(=O)NCc2ccc(Oc3ccc(F)cc3)cc2)ccc1OCC(=O)N1CCOCC1. The van der Waals surface area contributed by atoms with Crippen molar-refractivity contribution in [2.24, 2.45) is 0 Å². The highest BCUT2D eigenvalue weighted by molar-refractivity contribution is 5.94. The van der Waals surface area contributed by atoms with E-state index in [4.69, 9.17) is 18.9 Å². The Balaban J connectivity index is 1.29. The average molecular weight is 495 g/mol. The van der Waals surface area contributed by atoms with Crippen molar-refractivity contribution in [1.29, 1.82) is 0 Å². The molecule has 3 aromatic rings. The van der Waals surface area contributed by atoms with Crippen LogP contribution in [-0.4, -0.2) is 56.7 Å². The Morgan fingerprint density at radius 2 is 1.61 bits per heavy atom. The smallest absolute Gasteiger partial charge is 0.260 e. The van der Waals surface area contributed by atoms with Gasteiger partial charge in [0.15, 0.2) is 18.1 Å². The summed E-state index contributed by atoms with van der Waals surface area (Å²) in [7, 11) is 1.48. The lowest BCUT2D eigenvalue weighted by Crippen LogP contribution is -2.43. The van der Waals surface area contributed by atoms with Crippen LogP contribution >= 0.6 is 0 Å². The van der Waals surface area contributed by atoms with Gasteiger partial charge in [0.05, 0.1) is 20.3 Å².